The number of likely N-dealkylation sites (N-methyl/N-ethyl adjacent to an activating group) is 1. The van der Waals surface area contributed by atoms with Gasteiger partial charge >= 0.3 is 0 Å². The number of benzene rings is 2. The maximum atomic E-state index is 13.8. The smallest absolute Gasteiger partial charge is 0.165 e. The van der Waals surface area contributed by atoms with Crippen molar-refractivity contribution < 1.29 is 9.13 Å². The third kappa shape index (κ3) is 3.96. The topological polar surface area (TPSA) is 21.3 Å². The molecule has 0 saturated heterocycles. The average Bonchev–Trinajstić information content (AvgIpc) is 2.48. The molecule has 0 aliphatic rings. The van der Waals surface area contributed by atoms with Gasteiger partial charge in [0, 0.05) is 10.5 Å². The van der Waals surface area contributed by atoms with Crippen molar-refractivity contribution in [1.29, 1.82) is 0 Å². The van der Waals surface area contributed by atoms with Gasteiger partial charge in [-0.05, 0) is 64.8 Å². The molecular formula is C16H16BrClFNO. The second-order valence-corrected chi connectivity index (χ2v) is 5.95. The number of hydrogen-bond acceptors (Lipinski definition) is 2. The molecule has 0 aromatic heterocycles. The zero-order valence-electron chi connectivity index (χ0n) is 11.8. The maximum absolute atomic E-state index is 13.8. The van der Waals surface area contributed by atoms with Gasteiger partial charge in [0.05, 0.1) is 12.1 Å². The maximum Gasteiger partial charge on any atom is 0.165 e. The standard InChI is InChI=1S/C16H16BrClFNO/c1-20-15(11-4-5-13(18)12(17)9-11)8-10-3-6-16(21-2)14(19)7-10/h3-7,9,15,20H,8H2,1-2H3. The summed E-state index contributed by atoms with van der Waals surface area (Å²) in [5.74, 6) is -0.0869. The van der Waals surface area contributed by atoms with E-state index < -0.39 is 0 Å². The summed E-state index contributed by atoms with van der Waals surface area (Å²) in [7, 11) is 3.34. The van der Waals surface area contributed by atoms with E-state index in [1.807, 2.05) is 31.3 Å². The van der Waals surface area contributed by atoms with Crippen LogP contribution >= 0.6 is 27.5 Å². The minimum atomic E-state index is -0.345. The van der Waals surface area contributed by atoms with Gasteiger partial charge in [0.15, 0.2) is 11.6 Å². The molecule has 0 radical (unpaired) electrons. The van der Waals surface area contributed by atoms with Gasteiger partial charge < -0.3 is 10.1 Å². The minimum Gasteiger partial charge on any atom is -0.494 e. The van der Waals surface area contributed by atoms with Crippen LogP contribution in [0.3, 0.4) is 0 Å². The van der Waals surface area contributed by atoms with Gasteiger partial charge in [-0.1, -0.05) is 23.7 Å². The number of nitrogens with one attached hydrogen (secondary N) is 1. The van der Waals surface area contributed by atoms with Crippen molar-refractivity contribution in [2.75, 3.05) is 14.2 Å². The summed E-state index contributed by atoms with van der Waals surface area (Å²) in [4.78, 5) is 0. The molecule has 5 heteroatoms. The summed E-state index contributed by atoms with van der Waals surface area (Å²) in [6.45, 7) is 0. The number of ether oxygens (including phenoxy) is 1. The molecular weight excluding hydrogens is 357 g/mol. The van der Waals surface area contributed by atoms with Crippen molar-refractivity contribution in [3.63, 3.8) is 0 Å². The number of halogens is 3. The van der Waals surface area contributed by atoms with Gasteiger partial charge in [-0.2, -0.15) is 0 Å². The van der Waals surface area contributed by atoms with E-state index in [4.69, 9.17) is 16.3 Å². The first-order valence-electron chi connectivity index (χ1n) is 6.49. The summed E-state index contributed by atoms with van der Waals surface area (Å²) >= 11 is 9.44. The fourth-order valence-corrected chi connectivity index (χ4v) is 2.70. The lowest BCUT2D eigenvalue weighted by Crippen LogP contribution is -2.19. The highest BCUT2D eigenvalue weighted by Gasteiger charge is 2.13. The van der Waals surface area contributed by atoms with Crippen LogP contribution in [0, 0.1) is 5.82 Å². The highest BCUT2D eigenvalue weighted by Crippen LogP contribution is 2.28. The normalized spacial score (nSPS) is 12.2. The van der Waals surface area contributed by atoms with Gasteiger partial charge in [0.25, 0.3) is 0 Å². The van der Waals surface area contributed by atoms with E-state index in [0.29, 0.717) is 11.4 Å². The van der Waals surface area contributed by atoms with E-state index in [1.54, 1.807) is 6.07 Å². The van der Waals surface area contributed by atoms with E-state index in [0.717, 1.165) is 15.6 Å². The molecule has 0 saturated carbocycles. The van der Waals surface area contributed by atoms with Crippen molar-refractivity contribution in [2.24, 2.45) is 0 Å². The first-order valence-corrected chi connectivity index (χ1v) is 7.67. The summed E-state index contributed by atoms with van der Waals surface area (Å²) in [6, 6.07) is 10.9. The quantitative estimate of drug-likeness (QED) is 0.817. The second-order valence-electron chi connectivity index (χ2n) is 4.69. The van der Waals surface area contributed by atoms with Crippen LogP contribution in [0.4, 0.5) is 4.39 Å². The Morgan fingerprint density at radius 2 is 2.05 bits per heavy atom. The van der Waals surface area contributed by atoms with E-state index in [9.17, 15) is 4.39 Å². The lowest BCUT2D eigenvalue weighted by atomic mass is 9.99. The van der Waals surface area contributed by atoms with Crippen molar-refractivity contribution >= 4 is 27.5 Å². The molecule has 0 fully saturated rings. The van der Waals surface area contributed by atoms with Crippen LogP contribution in [-0.2, 0) is 6.42 Å². The van der Waals surface area contributed by atoms with Gasteiger partial charge in [-0.15, -0.1) is 0 Å². The van der Waals surface area contributed by atoms with E-state index in [-0.39, 0.29) is 17.6 Å². The molecule has 0 amide bonds. The highest BCUT2D eigenvalue weighted by atomic mass is 79.9. The molecule has 2 aromatic rings. The Morgan fingerprint density at radius 3 is 2.62 bits per heavy atom. The van der Waals surface area contributed by atoms with Crippen LogP contribution in [0.1, 0.15) is 17.2 Å². The molecule has 0 heterocycles. The third-order valence-electron chi connectivity index (χ3n) is 3.35. The Bertz CT molecular complexity index is 636. The second kappa shape index (κ2) is 7.25. The van der Waals surface area contributed by atoms with Gasteiger partial charge in [0.1, 0.15) is 0 Å². The van der Waals surface area contributed by atoms with Crippen LogP contribution in [-0.4, -0.2) is 14.2 Å². The van der Waals surface area contributed by atoms with Crippen molar-refractivity contribution in [3.8, 4) is 5.75 Å². The Balaban J connectivity index is 2.22. The lowest BCUT2D eigenvalue weighted by Gasteiger charge is -2.18. The van der Waals surface area contributed by atoms with Crippen LogP contribution < -0.4 is 10.1 Å². The fraction of sp³-hybridized carbons (Fsp3) is 0.250. The first-order chi connectivity index (χ1) is 10.0. The molecule has 1 unspecified atom stereocenters. The Kier molecular flexibility index (Phi) is 5.62. The fourth-order valence-electron chi connectivity index (χ4n) is 2.19. The predicted octanol–water partition coefficient (Wildman–Crippen LogP) is 4.75. The molecule has 0 aliphatic heterocycles. The van der Waals surface area contributed by atoms with Crippen molar-refractivity contribution in [3.05, 3.63) is 62.8 Å². The zero-order valence-corrected chi connectivity index (χ0v) is 14.1. The molecule has 21 heavy (non-hydrogen) atoms. The SMILES string of the molecule is CNC(Cc1ccc(OC)c(F)c1)c1ccc(Cl)c(Br)c1. The Morgan fingerprint density at radius 1 is 1.29 bits per heavy atom. The van der Waals surface area contributed by atoms with E-state index in [2.05, 4.69) is 21.2 Å². The Hall–Kier alpha value is -1.10. The average molecular weight is 373 g/mol. The molecule has 0 aliphatic carbocycles. The zero-order chi connectivity index (χ0) is 15.4. The predicted molar refractivity (Wildman–Crippen MR) is 87.6 cm³/mol. The molecule has 2 aromatic carbocycles. The Labute approximate surface area is 137 Å². The van der Waals surface area contributed by atoms with E-state index in [1.165, 1.54) is 13.2 Å². The largest absolute Gasteiger partial charge is 0.494 e. The summed E-state index contributed by atoms with van der Waals surface area (Å²) < 4.78 is 19.5. The minimum absolute atomic E-state index is 0.0753. The first kappa shape index (κ1) is 16.3. The molecule has 112 valence electrons. The monoisotopic (exact) mass is 371 g/mol. The van der Waals surface area contributed by atoms with Crippen molar-refractivity contribution in [1.82, 2.24) is 5.32 Å². The van der Waals surface area contributed by atoms with Gasteiger partial charge in [0.2, 0.25) is 0 Å². The van der Waals surface area contributed by atoms with E-state index >= 15 is 0 Å². The molecule has 1 N–H and O–H groups in total. The number of rotatable bonds is 5. The molecule has 2 rings (SSSR count). The van der Waals surface area contributed by atoms with Crippen LogP contribution in [0.5, 0.6) is 5.75 Å². The lowest BCUT2D eigenvalue weighted by molar-refractivity contribution is 0.386. The van der Waals surface area contributed by atoms with Crippen LogP contribution in [0.25, 0.3) is 0 Å². The van der Waals surface area contributed by atoms with Gasteiger partial charge in [-0.3, -0.25) is 0 Å². The number of hydrogen-bond donors (Lipinski definition) is 1. The molecule has 2 nitrogen and oxygen atoms in total. The molecule has 0 bridgehead atoms. The molecule has 1 atom stereocenters. The summed E-state index contributed by atoms with van der Waals surface area (Å²) in [5, 5.41) is 3.91. The summed E-state index contributed by atoms with van der Waals surface area (Å²) in [6.07, 6.45) is 0.672. The van der Waals surface area contributed by atoms with Crippen LogP contribution in [0.2, 0.25) is 5.02 Å². The highest BCUT2D eigenvalue weighted by molar-refractivity contribution is 9.10. The molecule has 0 spiro atoms. The van der Waals surface area contributed by atoms with Gasteiger partial charge in [-0.25, -0.2) is 4.39 Å². The number of methoxy groups -OCH3 is 1. The van der Waals surface area contributed by atoms with Crippen molar-refractivity contribution in [2.45, 2.75) is 12.5 Å². The summed E-state index contributed by atoms with van der Waals surface area (Å²) in [5.41, 5.74) is 1.99. The van der Waals surface area contributed by atoms with Crippen LogP contribution in [0.15, 0.2) is 40.9 Å². The third-order valence-corrected chi connectivity index (χ3v) is 4.56.